The highest BCUT2D eigenvalue weighted by atomic mass is 19.1. The topological polar surface area (TPSA) is 38.9 Å². The van der Waals surface area contributed by atoms with Gasteiger partial charge in [-0.3, -0.25) is 0 Å². The van der Waals surface area contributed by atoms with E-state index in [4.69, 9.17) is 5.73 Å². The van der Waals surface area contributed by atoms with Crippen LogP contribution in [-0.4, -0.2) is 11.5 Å². The van der Waals surface area contributed by atoms with Crippen LogP contribution in [0.3, 0.4) is 0 Å². The van der Waals surface area contributed by atoms with Crippen LogP contribution in [0.1, 0.15) is 30.7 Å². The largest absolute Gasteiger partial charge is 0.330 e. The molecule has 1 aromatic rings. The van der Waals surface area contributed by atoms with Crippen LogP contribution in [0.25, 0.3) is 0 Å². The van der Waals surface area contributed by atoms with Crippen molar-refractivity contribution in [2.45, 2.75) is 25.2 Å². The molecule has 1 saturated carbocycles. The first-order valence-electron chi connectivity index (χ1n) is 5.11. The summed E-state index contributed by atoms with van der Waals surface area (Å²) in [6.45, 7) is 0.629. The van der Waals surface area contributed by atoms with Crippen molar-refractivity contribution in [3.8, 4) is 0 Å². The monoisotopic (exact) mass is 194 g/mol. The van der Waals surface area contributed by atoms with Gasteiger partial charge in [0.1, 0.15) is 0 Å². The van der Waals surface area contributed by atoms with E-state index in [1.165, 1.54) is 18.9 Å². The number of pyridine rings is 1. The van der Waals surface area contributed by atoms with E-state index in [-0.39, 0.29) is 0 Å². The van der Waals surface area contributed by atoms with Crippen molar-refractivity contribution in [1.82, 2.24) is 4.98 Å². The molecule has 0 aromatic carbocycles. The fourth-order valence-electron chi connectivity index (χ4n) is 1.75. The second-order valence-electron chi connectivity index (χ2n) is 4.03. The van der Waals surface area contributed by atoms with Gasteiger partial charge in [-0.05, 0) is 36.4 Å². The minimum Gasteiger partial charge on any atom is -0.330 e. The summed E-state index contributed by atoms with van der Waals surface area (Å²) in [4.78, 5) is 3.65. The van der Waals surface area contributed by atoms with Crippen LogP contribution in [-0.2, 0) is 0 Å². The summed E-state index contributed by atoms with van der Waals surface area (Å²) in [5, 5.41) is 0. The van der Waals surface area contributed by atoms with Crippen molar-refractivity contribution in [1.29, 1.82) is 0 Å². The van der Waals surface area contributed by atoms with Crippen LogP contribution in [0.4, 0.5) is 4.39 Å². The summed E-state index contributed by atoms with van der Waals surface area (Å²) in [7, 11) is 0. The van der Waals surface area contributed by atoms with Gasteiger partial charge in [0.25, 0.3) is 0 Å². The number of aromatic nitrogens is 1. The average molecular weight is 194 g/mol. The first kappa shape index (κ1) is 9.59. The zero-order valence-electron chi connectivity index (χ0n) is 8.12. The Hall–Kier alpha value is -0.960. The van der Waals surface area contributed by atoms with Crippen LogP contribution < -0.4 is 5.73 Å². The predicted octanol–water partition coefficient (Wildman–Crippen LogP) is 2.06. The Morgan fingerprint density at radius 2 is 2.29 bits per heavy atom. The molecule has 2 N–H and O–H groups in total. The lowest BCUT2D eigenvalue weighted by atomic mass is 9.95. The standard InChI is InChI=1S/C11H15FN2/c12-11-4-3-9(7-14-11)10(6-13)5-8-1-2-8/h3-4,7-8,10H,1-2,5-6,13H2/t10-/m0/s1. The third-order valence-corrected chi connectivity index (χ3v) is 2.82. The molecule has 14 heavy (non-hydrogen) atoms. The van der Waals surface area contributed by atoms with E-state index in [0.29, 0.717) is 12.5 Å². The van der Waals surface area contributed by atoms with Crippen molar-refractivity contribution < 1.29 is 4.39 Å². The molecular weight excluding hydrogens is 179 g/mol. The maximum Gasteiger partial charge on any atom is 0.212 e. The molecular formula is C11H15FN2. The molecule has 0 spiro atoms. The smallest absolute Gasteiger partial charge is 0.212 e. The van der Waals surface area contributed by atoms with Gasteiger partial charge < -0.3 is 5.73 Å². The molecule has 1 fully saturated rings. The van der Waals surface area contributed by atoms with Crippen molar-refractivity contribution in [3.05, 3.63) is 29.8 Å². The van der Waals surface area contributed by atoms with Crippen LogP contribution in [0, 0.1) is 11.9 Å². The molecule has 0 bridgehead atoms. The van der Waals surface area contributed by atoms with Crippen LogP contribution in [0.15, 0.2) is 18.3 Å². The van der Waals surface area contributed by atoms with Crippen molar-refractivity contribution in [3.63, 3.8) is 0 Å². The second-order valence-corrected chi connectivity index (χ2v) is 4.03. The number of rotatable bonds is 4. The summed E-state index contributed by atoms with van der Waals surface area (Å²) in [5.74, 6) is 0.778. The van der Waals surface area contributed by atoms with Gasteiger partial charge in [-0.25, -0.2) is 4.98 Å². The lowest BCUT2D eigenvalue weighted by Crippen LogP contribution is -2.13. The van der Waals surface area contributed by atoms with E-state index in [9.17, 15) is 4.39 Å². The molecule has 76 valence electrons. The lowest BCUT2D eigenvalue weighted by Gasteiger charge is -2.13. The Morgan fingerprint density at radius 3 is 2.79 bits per heavy atom. The molecule has 1 aliphatic carbocycles. The fourth-order valence-corrected chi connectivity index (χ4v) is 1.75. The molecule has 3 heteroatoms. The Labute approximate surface area is 83.3 Å². The van der Waals surface area contributed by atoms with E-state index in [0.717, 1.165) is 17.9 Å². The quantitative estimate of drug-likeness (QED) is 0.745. The Bertz CT molecular complexity index is 293. The Kier molecular flexibility index (Phi) is 2.77. The van der Waals surface area contributed by atoms with E-state index >= 15 is 0 Å². The van der Waals surface area contributed by atoms with E-state index in [2.05, 4.69) is 4.98 Å². The van der Waals surface area contributed by atoms with Crippen molar-refractivity contribution in [2.24, 2.45) is 11.7 Å². The summed E-state index contributed by atoms with van der Waals surface area (Å²) >= 11 is 0. The highest BCUT2D eigenvalue weighted by Crippen LogP contribution is 2.38. The van der Waals surface area contributed by atoms with Crippen LogP contribution in [0.5, 0.6) is 0 Å². The van der Waals surface area contributed by atoms with Crippen LogP contribution >= 0.6 is 0 Å². The van der Waals surface area contributed by atoms with Crippen LogP contribution in [0.2, 0.25) is 0 Å². The van der Waals surface area contributed by atoms with Gasteiger partial charge in [0.15, 0.2) is 0 Å². The van der Waals surface area contributed by atoms with Crippen molar-refractivity contribution >= 4 is 0 Å². The minimum atomic E-state index is -0.420. The zero-order valence-corrected chi connectivity index (χ0v) is 8.12. The van der Waals surface area contributed by atoms with Gasteiger partial charge in [0.2, 0.25) is 5.95 Å². The molecule has 0 saturated heterocycles. The van der Waals surface area contributed by atoms with E-state index < -0.39 is 5.95 Å². The molecule has 0 amide bonds. The maximum atomic E-state index is 12.6. The Morgan fingerprint density at radius 1 is 1.50 bits per heavy atom. The second kappa shape index (κ2) is 4.05. The SMILES string of the molecule is NC[C@H](CC1CC1)c1ccc(F)nc1. The van der Waals surface area contributed by atoms with Gasteiger partial charge in [0, 0.05) is 6.20 Å². The zero-order chi connectivity index (χ0) is 9.97. The first-order chi connectivity index (χ1) is 6.79. The Balaban J connectivity index is 2.05. The molecule has 1 heterocycles. The number of halogens is 1. The average Bonchev–Trinajstić information content (AvgIpc) is 3.00. The molecule has 1 aliphatic rings. The molecule has 0 aliphatic heterocycles. The number of hydrogen-bond donors (Lipinski definition) is 1. The predicted molar refractivity (Wildman–Crippen MR) is 53.3 cm³/mol. The van der Waals surface area contributed by atoms with Gasteiger partial charge in [0.05, 0.1) is 0 Å². The molecule has 2 nitrogen and oxygen atoms in total. The molecule has 1 aromatic heterocycles. The van der Waals surface area contributed by atoms with Gasteiger partial charge in [-0.2, -0.15) is 4.39 Å². The van der Waals surface area contributed by atoms with Crippen molar-refractivity contribution in [2.75, 3.05) is 6.54 Å². The molecule has 0 radical (unpaired) electrons. The molecule has 2 rings (SSSR count). The summed E-state index contributed by atoms with van der Waals surface area (Å²) in [6, 6.07) is 3.20. The fraction of sp³-hybridized carbons (Fsp3) is 0.545. The molecule has 1 atom stereocenters. The number of nitrogens with zero attached hydrogens (tertiary/aromatic N) is 1. The highest BCUT2D eigenvalue weighted by molar-refractivity contribution is 5.16. The first-order valence-corrected chi connectivity index (χ1v) is 5.11. The third-order valence-electron chi connectivity index (χ3n) is 2.82. The van der Waals surface area contributed by atoms with Gasteiger partial charge >= 0.3 is 0 Å². The van der Waals surface area contributed by atoms with E-state index in [1.54, 1.807) is 12.3 Å². The highest BCUT2D eigenvalue weighted by Gasteiger charge is 2.25. The summed E-state index contributed by atoms with van der Waals surface area (Å²) in [6.07, 6.45) is 5.38. The molecule has 0 unspecified atom stereocenters. The third kappa shape index (κ3) is 2.29. The minimum absolute atomic E-state index is 0.357. The number of nitrogens with two attached hydrogens (primary N) is 1. The lowest BCUT2D eigenvalue weighted by molar-refractivity contribution is 0.563. The maximum absolute atomic E-state index is 12.6. The van der Waals surface area contributed by atoms with E-state index in [1.807, 2.05) is 0 Å². The number of hydrogen-bond acceptors (Lipinski definition) is 2. The van der Waals surface area contributed by atoms with Gasteiger partial charge in [-0.15, -0.1) is 0 Å². The summed E-state index contributed by atoms with van der Waals surface area (Å²) in [5.41, 5.74) is 6.77. The summed E-state index contributed by atoms with van der Waals surface area (Å²) < 4.78 is 12.6. The normalized spacial score (nSPS) is 18.1. The van der Waals surface area contributed by atoms with Gasteiger partial charge in [-0.1, -0.05) is 18.9 Å².